The number of hydrogen-bond acceptors (Lipinski definition) is 4. The molecule has 8 heteroatoms. The summed E-state index contributed by atoms with van der Waals surface area (Å²) in [5.41, 5.74) is 0.769. The zero-order valence-corrected chi connectivity index (χ0v) is 24.2. The summed E-state index contributed by atoms with van der Waals surface area (Å²) in [6.45, 7) is 4.90. The Kier molecular flexibility index (Phi) is 7.55. The highest BCUT2D eigenvalue weighted by Crippen LogP contribution is 2.55. The molecule has 2 saturated heterocycles. The van der Waals surface area contributed by atoms with Gasteiger partial charge in [-0.1, -0.05) is 68.2 Å². The van der Waals surface area contributed by atoms with E-state index in [1.807, 2.05) is 12.2 Å². The number of carbonyl (C=O) groups excluding carboxylic acids is 3. The summed E-state index contributed by atoms with van der Waals surface area (Å²) in [5, 5.41) is 6.79. The average Bonchev–Trinajstić information content (AvgIpc) is 3.58. The van der Waals surface area contributed by atoms with E-state index < -0.39 is 29.6 Å². The summed E-state index contributed by atoms with van der Waals surface area (Å²) in [4.78, 5) is 43.7. The van der Waals surface area contributed by atoms with Crippen LogP contribution in [0.4, 0.5) is 5.69 Å². The molecule has 0 radical (unpaired) electrons. The Hall–Kier alpha value is -2.64. The first-order chi connectivity index (χ1) is 19.3. The number of likely N-dealkylation sites (tertiary alicyclic amines) is 1. The summed E-state index contributed by atoms with van der Waals surface area (Å²) in [6.07, 6.45) is 13.9. The van der Waals surface area contributed by atoms with Crippen LogP contribution in [0.2, 0.25) is 5.02 Å². The molecule has 2 aliphatic carbocycles. The number of nitrogens with one attached hydrogen (secondary N) is 2. The van der Waals surface area contributed by atoms with E-state index in [4.69, 9.17) is 16.3 Å². The van der Waals surface area contributed by atoms with E-state index in [2.05, 4.69) is 30.6 Å². The van der Waals surface area contributed by atoms with Crippen molar-refractivity contribution >= 4 is 35.0 Å². The minimum Gasteiger partial charge on any atom is -0.359 e. The first-order valence-corrected chi connectivity index (χ1v) is 15.4. The van der Waals surface area contributed by atoms with Gasteiger partial charge in [-0.05, 0) is 68.6 Å². The first-order valence-electron chi connectivity index (χ1n) is 15.0. The number of nitrogens with zero attached hydrogens (tertiary/aromatic N) is 1. The third-order valence-electron chi connectivity index (χ3n) is 10.1. The molecule has 8 unspecified atom stereocenters. The molecule has 1 spiro atoms. The second-order valence-electron chi connectivity index (χ2n) is 12.5. The molecule has 1 aromatic carbocycles. The number of benzene rings is 1. The topological polar surface area (TPSA) is 87.7 Å². The number of anilines is 1. The Morgan fingerprint density at radius 2 is 2.00 bits per heavy atom. The van der Waals surface area contributed by atoms with E-state index in [0.29, 0.717) is 29.1 Å². The molecule has 1 aromatic rings. The fourth-order valence-electron chi connectivity index (χ4n) is 7.74. The van der Waals surface area contributed by atoms with E-state index in [1.165, 1.54) is 18.4 Å². The van der Waals surface area contributed by atoms with Gasteiger partial charge in [-0.3, -0.25) is 14.4 Å². The van der Waals surface area contributed by atoms with Gasteiger partial charge < -0.3 is 20.3 Å². The van der Waals surface area contributed by atoms with Crippen LogP contribution in [0.3, 0.4) is 0 Å². The summed E-state index contributed by atoms with van der Waals surface area (Å²) in [6, 6.07) is 6.23. The van der Waals surface area contributed by atoms with Gasteiger partial charge in [-0.2, -0.15) is 0 Å². The van der Waals surface area contributed by atoms with Gasteiger partial charge in [-0.15, -0.1) is 0 Å². The minimum absolute atomic E-state index is 0.0641. The van der Waals surface area contributed by atoms with Crippen LogP contribution in [-0.4, -0.2) is 53.0 Å². The van der Waals surface area contributed by atoms with Crippen LogP contribution in [0, 0.1) is 23.7 Å². The maximum atomic E-state index is 14.2. The Morgan fingerprint density at radius 3 is 2.77 bits per heavy atom. The SMILES string of the molecule is CC1CCCC(NC(=O)C2N(CCC3=CCCCC3)C(=O)C3C(C(=O)Nc4cccc(Cl)c4)C4C=CC32O4)C1C. The Balaban J connectivity index is 1.29. The molecule has 214 valence electrons. The van der Waals surface area contributed by atoms with Crippen molar-refractivity contribution in [3.8, 4) is 0 Å². The molecule has 0 aromatic heterocycles. The van der Waals surface area contributed by atoms with Gasteiger partial charge in [0, 0.05) is 23.3 Å². The zero-order chi connectivity index (χ0) is 28.0. The van der Waals surface area contributed by atoms with Crippen LogP contribution in [0.5, 0.6) is 0 Å². The first kappa shape index (κ1) is 27.5. The van der Waals surface area contributed by atoms with E-state index in [9.17, 15) is 14.4 Å². The Morgan fingerprint density at radius 1 is 1.15 bits per heavy atom. The van der Waals surface area contributed by atoms with Gasteiger partial charge in [0.05, 0.1) is 17.9 Å². The monoisotopic (exact) mass is 565 g/mol. The lowest BCUT2D eigenvalue weighted by Gasteiger charge is -2.38. The third-order valence-corrected chi connectivity index (χ3v) is 10.3. The van der Waals surface area contributed by atoms with Gasteiger partial charge in [0.15, 0.2) is 0 Å². The maximum Gasteiger partial charge on any atom is 0.246 e. The molecular weight excluding hydrogens is 526 g/mol. The van der Waals surface area contributed by atoms with Gasteiger partial charge >= 0.3 is 0 Å². The quantitative estimate of drug-likeness (QED) is 0.441. The Labute approximate surface area is 241 Å². The smallest absolute Gasteiger partial charge is 0.246 e. The maximum absolute atomic E-state index is 14.2. The van der Waals surface area contributed by atoms with Crippen molar-refractivity contribution in [2.45, 2.75) is 89.0 Å². The van der Waals surface area contributed by atoms with Crippen molar-refractivity contribution in [2.24, 2.45) is 23.7 Å². The molecule has 3 heterocycles. The van der Waals surface area contributed by atoms with E-state index in [0.717, 1.165) is 38.5 Å². The largest absolute Gasteiger partial charge is 0.359 e. The molecule has 3 amide bonds. The summed E-state index contributed by atoms with van der Waals surface area (Å²) >= 11 is 6.14. The van der Waals surface area contributed by atoms with Crippen LogP contribution in [0.15, 0.2) is 48.1 Å². The van der Waals surface area contributed by atoms with Gasteiger partial charge in [0.1, 0.15) is 11.6 Å². The number of halogens is 1. The third kappa shape index (κ3) is 4.79. The Bertz CT molecular complexity index is 1250. The summed E-state index contributed by atoms with van der Waals surface area (Å²) in [7, 11) is 0. The molecule has 7 nitrogen and oxygen atoms in total. The fourth-order valence-corrected chi connectivity index (χ4v) is 7.93. The predicted molar refractivity (Wildman–Crippen MR) is 155 cm³/mol. The van der Waals surface area contributed by atoms with E-state index in [-0.39, 0.29) is 23.8 Å². The molecule has 8 atom stereocenters. The van der Waals surface area contributed by atoms with Crippen molar-refractivity contribution in [1.29, 1.82) is 0 Å². The number of rotatable bonds is 7. The van der Waals surface area contributed by atoms with Crippen LogP contribution in [0.1, 0.15) is 65.2 Å². The lowest BCUT2D eigenvalue weighted by molar-refractivity contribution is -0.141. The van der Waals surface area contributed by atoms with Crippen LogP contribution in [-0.2, 0) is 19.1 Å². The molecule has 3 aliphatic heterocycles. The second kappa shape index (κ2) is 11.0. The van der Waals surface area contributed by atoms with Crippen LogP contribution >= 0.6 is 11.6 Å². The molecule has 6 rings (SSSR count). The molecule has 1 saturated carbocycles. The van der Waals surface area contributed by atoms with E-state index in [1.54, 1.807) is 29.2 Å². The molecule has 40 heavy (non-hydrogen) atoms. The number of ether oxygens (including phenoxy) is 1. The fraction of sp³-hybridized carbons (Fsp3) is 0.594. The lowest BCUT2D eigenvalue weighted by atomic mass is 9.73. The normalized spacial score (nSPS) is 36.4. The minimum atomic E-state index is -1.15. The van der Waals surface area contributed by atoms with Crippen molar-refractivity contribution in [2.75, 3.05) is 11.9 Å². The average molecular weight is 566 g/mol. The van der Waals surface area contributed by atoms with Crippen molar-refractivity contribution in [1.82, 2.24) is 10.2 Å². The van der Waals surface area contributed by atoms with Gasteiger partial charge in [0.25, 0.3) is 0 Å². The van der Waals surface area contributed by atoms with Crippen molar-refractivity contribution < 1.29 is 19.1 Å². The number of carbonyl (C=O) groups is 3. The predicted octanol–water partition coefficient (Wildman–Crippen LogP) is 5.26. The van der Waals surface area contributed by atoms with Crippen molar-refractivity contribution in [3.63, 3.8) is 0 Å². The molecule has 2 bridgehead atoms. The van der Waals surface area contributed by atoms with Crippen molar-refractivity contribution in [3.05, 3.63) is 53.1 Å². The zero-order valence-electron chi connectivity index (χ0n) is 23.4. The number of allylic oxidation sites excluding steroid dienone is 1. The number of amides is 3. The standard InChI is InChI=1S/C32H40ClN3O4/c1-19-8-6-13-24(20(19)2)35-30(38)28-32-16-14-25(40-32)26(29(37)34-23-12-7-11-22(33)18-23)27(32)31(39)36(28)17-15-21-9-4-3-5-10-21/h7,9,11-12,14,16,18-20,24-28H,3-6,8,10,13,15,17H2,1-2H3,(H,34,37)(H,35,38). The molecule has 3 fully saturated rings. The van der Waals surface area contributed by atoms with Crippen LogP contribution in [0.25, 0.3) is 0 Å². The lowest BCUT2D eigenvalue weighted by Crippen LogP contribution is -2.58. The van der Waals surface area contributed by atoms with E-state index >= 15 is 0 Å². The summed E-state index contributed by atoms with van der Waals surface area (Å²) in [5.74, 6) is -1.21. The molecule has 2 N–H and O–H groups in total. The van der Waals surface area contributed by atoms with Crippen LogP contribution < -0.4 is 10.6 Å². The second-order valence-corrected chi connectivity index (χ2v) is 12.9. The molecular formula is C32H40ClN3O4. The number of fused-ring (bicyclic) bond motifs is 1. The highest BCUT2D eigenvalue weighted by molar-refractivity contribution is 6.30. The highest BCUT2D eigenvalue weighted by Gasteiger charge is 2.72. The molecule has 5 aliphatic rings. The summed E-state index contributed by atoms with van der Waals surface area (Å²) < 4.78 is 6.51. The highest BCUT2D eigenvalue weighted by atomic mass is 35.5. The van der Waals surface area contributed by atoms with Gasteiger partial charge in [-0.25, -0.2) is 0 Å². The van der Waals surface area contributed by atoms with Gasteiger partial charge in [0.2, 0.25) is 17.7 Å². The number of hydrogen-bond donors (Lipinski definition) is 2.